The smallest absolute Gasteiger partial charge is 0.307 e. The molecule has 106 valence electrons. The number of aromatic amines is 1. The molecule has 0 spiro atoms. The molecule has 0 saturated carbocycles. The fourth-order valence-electron chi connectivity index (χ4n) is 2.53. The molecule has 4 nitrogen and oxygen atoms in total. The second-order valence-electron chi connectivity index (χ2n) is 5.20. The molecule has 1 heterocycles. The number of benzene rings is 2. The summed E-state index contributed by atoms with van der Waals surface area (Å²) in [4.78, 5) is 27.4. The first-order valence-corrected chi connectivity index (χ1v) is 6.93. The third-order valence-electron chi connectivity index (χ3n) is 3.71. The van der Waals surface area contributed by atoms with Crippen molar-refractivity contribution in [3.8, 4) is 0 Å². The third-order valence-corrected chi connectivity index (χ3v) is 3.71. The molecule has 1 unspecified atom stereocenters. The number of H-pyrrole nitrogens is 1. The summed E-state index contributed by atoms with van der Waals surface area (Å²) in [6.45, 7) is 2.37. The zero-order valence-corrected chi connectivity index (χ0v) is 11.7. The highest BCUT2D eigenvalue weighted by Gasteiger charge is 2.11. The first kappa shape index (κ1) is 13.4. The van der Waals surface area contributed by atoms with Crippen LogP contribution in [0.25, 0.3) is 10.9 Å². The van der Waals surface area contributed by atoms with Crippen molar-refractivity contribution in [3.05, 3.63) is 81.0 Å². The standard InChI is InChI=1S/C17H16N2O2/c1-12(13-7-3-2-4-8-13)11-19-16(20)14-9-5-6-10-15(14)18-17(19)21/h2-10,12H,11H2,1H3,(H,18,21). The monoisotopic (exact) mass is 280 g/mol. The number of para-hydroxylation sites is 1. The molecule has 2 aromatic carbocycles. The molecule has 0 aliphatic carbocycles. The van der Waals surface area contributed by atoms with Crippen molar-refractivity contribution in [1.29, 1.82) is 0 Å². The van der Waals surface area contributed by atoms with Crippen LogP contribution in [-0.2, 0) is 6.54 Å². The van der Waals surface area contributed by atoms with Crippen LogP contribution < -0.4 is 11.2 Å². The maximum Gasteiger partial charge on any atom is 0.328 e. The van der Waals surface area contributed by atoms with Gasteiger partial charge in [-0.25, -0.2) is 4.79 Å². The average molecular weight is 280 g/mol. The van der Waals surface area contributed by atoms with Crippen molar-refractivity contribution in [2.75, 3.05) is 0 Å². The minimum atomic E-state index is -0.360. The summed E-state index contributed by atoms with van der Waals surface area (Å²) >= 11 is 0. The fraction of sp³-hybridized carbons (Fsp3) is 0.176. The molecular formula is C17H16N2O2. The Balaban J connectivity index is 2.05. The Kier molecular flexibility index (Phi) is 3.44. The summed E-state index contributed by atoms with van der Waals surface area (Å²) in [5.41, 5.74) is 1.09. The fourth-order valence-corrected chi connectivity index (χ4v) is 2.53. The highest BCUT2D eigenvalue weighted by Crippen LogP contribution is 2.15. The predicted molar refractivity (Wildman–Crippen MR) is 83.7 cm³/mol. The molecule has 0 aliphatic rings. The molecule has 21 heavy (non-hydrogen) atoms. The van der Waals surface area contributed by atoms with Crippen molar-refractivity contribution in [1.82, 2.24) is 9.55 Å². The minimum Gasteiger partial charge on any atom is -0.307 e. The summed E-state index contributed by atoms with van der Waals surface area (Å²) in [5.74, 6) is 0.0890. The van der Waals surface area contributed by atoms with Gasteiger partial charge in [-0.05, 0) is 23.6 Å². The number of fused-ring (bicyclic) bond motifs is 1. The number of rotatable bonds is 3. The molecule has 0 bridgehead atoms. The van der Waals surface area contributed by atoms with Gasteiger partial charge >= 0.3 is 5.69 Å². The van der Waals surface area contributed by atoms with Crippen molar-refractivity contribution in [2.45, 2.75) is 19.4 Å². The second-order valence-corrected chi connectivity index (χ2v) is 5.20. The second kappa shape index (κ2) is 5.40. The van der Waals surface area contributed by atoms with Crippen LogP contribution in [0.3, 0.4) is 0 Å². The van der Waals surface area contributed by atoms with E-state index in [4.69, 9.17) is 0 Å². The Morgan fingerprint density at radius 3 is 2.43 bits per heavy atom. The van der Waals surface area contributed by atoms with Crippen LogP contribution in [0, 0.1) is 0 Å². The molecule has 3 rings (SSSR count). The van der Waals surface area contributed by atoms with E-state index in [0.29, 0.717) is 17.4 Å². The van der Waals surface area contributed by atoms with E-state index in [-0.39, 0.29) is 17.2 Å². The van der Waals surface area contributed by atoms with Crippen LogP contribution in [-0.4, -0.2) is 9.55 Å². The molecule has 4 heteroatoms. The van der Waals surface area contributed by atoms with Gasteiger partial charge in [0, 0.05) is 6.54 Å². The summed E-state index contributed by atoms with van der Waals surface area (Å²) in [7, 11) is 0. The topological polar surface area (TPSA) is 54.9 Å². The number of hydrogen-bond acceptors (Lipinski definition) is 2. The largest absolute Gasteiger partial charge is 0.328 e. The van der Waals surface area contributed by atoms with Crippen LogP contribution in [0.4, 0.5) is 0 Å². The molecule has 1 N–H and O–H groups in total. The lowest BCUT2D eigenvalue weighted by Crippen LogP contribution is -2.36. The Bertz CT molecular complexity index is 878. The highest BCUT2D eigenvalue weighted by atomic mass is 16.2. The van der Waals surface area contributed by atoms with E-state index in [1.165, 1.54) is 4.57 Å². The molecule has 0 fully saturated rings. The molecule has 0 amide bonds. The average Bonchev–Trinajstić information content (AvgIpc) is 2.52. The first-order chi connectivity index (χ1) is 10.2. The number of hydrogen-bond donors (Lipinski definition) is 1. The lowest BCUT2D eigenvalue weighted by atomic mass is 10.0. The van der Waals surface area contributed by atoms with E-state index in [1.807, 2.05) is 37.3 Å². The van der Waals surface area contributed by atoms with Gasteiger partial charge in [-0.15, -0.1) is 0 Å². The predicted octanol–water partition coefficient (Wildman–Crippen LogP) is 2.49. The van der Waals surface area contributed by atoms with E-state index >= 15 is 0 Å². The van der Waals surface area contributed by atoms with Gasteiger partial charge < -0.3 is 4.98 Å². The summed E-state index contributed by atoms with van der Waals surface area (Å²) in [6.07, 6.45) is 0. The molecule has 0 radical (unpaired) electrons. The van der Waals surface area contributed by atoms with E-state index in [0.717, 1.165) is 5.56 Å². The van der Waals surface area contributed by atoms with Gasteiger partial charge in [0.05, 0.1) is 10.9 Å². The molecule has 1 aromatic heterocycles. The van der Waals surface area contributed by atoms with Gasteiger partial charge in [-0.1, -0.05) is 49.4 Å². The number of aromatic nitrogens is 2. The first-order valence-electron chi connectivity index (χ1n) is 6.93. The maximum atomic E-state index is 12.5. The lowest BCUT2D eigenvalue weighted by molar-refractivity contribution is 0.559. The lowest BCUT2D eigenvalue weighted by Gasteiger charge is -2.13. The van der Waals surface area contributed by atoms with E-state index in [1.54, 1.807) is 24.3 Å². The van der Waals surface area contributed by atoms with Gasteiger partial charge in [0.2, 0.25) is 0 Å². The van der Waals surface area contributed by atoms with Gasteiger partial charge in [-0.2, -0.15) is 0 Å². The van der Waals surface area contributed by atoms with E-state index < -0.39 is 0 Å². The molecule has 1 atom stereocenters. The molecular weight excluding hydrogens is 264 g/mol. The van der Waals surface area contributed by atoms with Crippen LogP contribution in [0.2, 0.25) is 0 Å². The third kappa shape index (κ3) is 2.52. The summed E-state index contributed by atoms with van der Waals surface area (Å²) < 4.78 is 1.28. The zero-order valence-electron chi connectivity index (χ0n) is 11.7. The minimum absolute atomic E-state index is 0.0890. The van der Waals surface area contributed by atoms with E-state index in [2.05, 4.69) is 4.98 Å². The van der Waals surface area contributed by atoms with Gasteiger partial charge in [-0.3, -0.25) is 9.36 Å². The summed E-state index contributed by atoms with van der Waals surface area (Å²) in [6, 6.07) is 16.9. The number of nitrogens with one attached hydrogen (secondary N) is 1. The quantitative estimate of drug-likeness (QED) is 0.801. The van der Waals surface area contributed by atoms with Crippen LogP contribution >= 0.6 is 0 Å². The highest BCUT2D eigenvalue weighted by molar-refractivity contribution is 5.76. The van der Waals surface area contributed by atoms with E-state index in [9.17, 15) is 9.59 Å². The molecule has 3 aromatic rings. The van der Waals surface area contributed by atoms with Crippen LogP contribution in [0.1, 0.15) is 18.4 Å². The Hall–Kier alpha value is -2.62. The Labute approximate surface area is 121 Å². The van der Waals surface area contributed by atoms with Crippen molar-refractivity contribution >= 4 is 10.9 Å². The van der Waals surface area contributed by atoms with Crippen LogP contribution in [0.5, 0.6) is 0 Å². The van der Waals surface area contributed by atoms with Crippen molar-refractivity contribution in [3.63, 3.8) is 0 Å². The summed E-state index contributed by atoms with van der Waals surface area (Å²) in [5, 5.41) is 0.539. The molecule has 0 aliphatic heterocycles. The molecule has 0 saturated heterocycles. The maximum absolute atomic E-state index is 12.5. The Morgan fingerprint density at radius 1 is 1.00 bits per heavy atom. The van der Waals surface area contributed by atoms with Crippen molar-refractivity contribution < 1.29 is 0 Å². The normalized spacial score (nSPS) is 12.4. The zero-order chi connectivity index (χ0) is 14.8. The SMILES string of the molecule is CC(Cn1c(=O)[nH]c2ccccc2c1=O)c1ccccc1. The van der Waals surface area contributed by atoms with Gasteiger partial charge in [0.1, 0.15) is 0 Å². The Morgan fingerprint density at radius 2 is 1.67 bits per heavy atom. The van der Waals surface area contributed by atoms with Gasteiger partial charge in [0.25, 0.3) is 5.56 Å². The van der Waals surface area contributed by atoms with Crippen molar-refractivity contribution in [2.24, 2.45) is 0 Å². The van der Waals surface area contributed by atoms with Crippen LogP contribution in [0.15, 0.2) is 64.2 Å². The van der Waals surface area contributed by atoms with Gasteiger partial charge in [0.15, 0.2) is 0 Å². The number of nitrogens with zero attached hydrogens (tertiary/aromatic N) is 1.